The largest absolute Gasteiger partial charge is 0.507 e. The Morgan fingerprint density at radius 1 is 1.22 bits per heavy atom. The molecule has 3 aromatic rings. The highest BCUT2D eigenvalue weighted by molar-refractivity contribution is 9.10. The lowest BCUT2D eigenvalue weighted by Gasteiger charge is -2.29. The summed E-state index contributed by atoms with van der Waals surface area (Å²) < 4.78 is 15.8. The number of benzene rings is 2. The first-order chi connectivity index (χ1) is 14.8. The van der Waals surface area contributed by atoms with Gasteiger partial charge in [0, 0.05) is 34.8 Å². The van der Waals surface area contributed by atoms with Crippen molar-refractivity contribution in [1.82, 2.24) is 14.8 Å². The monoisotopic (exact) mass is 541 g/mol. The highest BCUT2D eigenvalue weighted by Crippen LogP contribution is 2.36. The molecule has 0 radical (unpaired) electrons. The lowest BCUT2D eigenvalue weighted by molar-refractivity contribution is 0.0917. The maximum absolute atomic E-state index is 13.4. The number of hydrogen-bond donors (Lipinski definition) is 2. The minimum atomic E-state index is -0.271. The number of phenolic OH excluding ortho intramolecular Hbond substituents is 1. The number of piperidine rings is 1. The molecule has 32 heavy (non-hydrogen) atoms. The smallest absolute Gasteiger partial charge is 0.253 e. The maximum Gasteiger partial charge on any atom is 0.253 e. The van der Waals surface area contributed by atoms with Crippen LogP contribution in [0.3, 0.4) is 0 Å². The number of aryl methyl sites for hydroxylation is 1. The van der Waals surface area contributed by atoms with E-state index in [1.165, 1.54) is 12.1 Å². The van der Waals surface area contributed by atoms with E-state index in [4.69, 9.17) is 0 Å². The number of amides is 1. The molecule has 0 aliphatic carbocycles. The van der Waals surface area contributed by atoms with Crippen molar-refractivity contribution in [3.63, 3.8) is 0 Å². The van der Waals surface area contributed by atoms with Crippen molar-refractivity contribution >= 4 is 56.9 Å². The SMILES string of the molecule is CN1CCC(NC(=O)c2c(CSc3ccc(F)cc3)n(C)c3cc(Br)c(O)cc23)CC1.Cl. The fraction of sp³-hybridized carbons (Fsp3) is 0.348. The standard InChI is InChI=1S/C23H25BrFN3O2S.ClH/c1-27-9-7-15(8-10-27)26-23(30)22-17-11-21(29)18(24)12-19(17)28(2)20(22)13-31-16-5-3-14(25)4-6-16;/h3-6,11-12,15,29H,7-10,13H2,1-2H3,(H,26,30);1H. The van der Waals surface area contributed by atoms with Gasteiger partial charge >= 0.3 is 0 Å². The van der Waals surface area contributed by atoms with Gasteiger partial charge in [0.15, 0.2) is 0 Å². The predicted molar refractivity (Wildman–Crippen MR) is 133 cm³/mol. The summed E-state index contributed by atoms with van der Waals surface area (Å²) in [7, 11) is 4.02. The van der Waals surface area contributed by atoms with Gasteiger partial charge in [-0.3, -0.25) is 4.79 Å². The molecule has 2 aromatic carbocycles. The summed E-state index contributed by atoms with van der Waals surface area (Å²) in [5, 5.41) is 14.2. The van der Waals surface area contributed by atoms with Crippen molar-refractivity contribution in [1.29, 1.82) is 0 Å². The van der Waals surface area contributed by atoms with Gasteiger partial charge in [0.1, 0.15) is 11.6 Å². The van der Waals surface area contributed by atoms with Crippen LogP contribution in [-0.4, -0.2) is 46.7 Å². The van der Waals surface area contributed by atoms with Gasteiger partial charge in [-0.15, -0.1) is 24.2 Å². The van der Waals surface area contributed by atoms with E-state index in [2.05, 4.69) is 33.2 Å². The van der Waals surface area contributed by atoms with E-state index < -0.39 is 0 Å². The summed E-state index contributed by atoms with van der Waals surface area (Å²) in [6, 6.07) is 9.98. The van der Waals surface area contributed by atoms with Crippen LogP contribution in [0.15, 0.2) is 45.8 Å². The zero-order valence-corrected chi connectivity index (χ0v) is 21.1. The normalized spacial score (nSPS) is 15.0. The Kier molecular flexibility index (Phi) is 8.14. The summed E-state index contributed by atoms with van der Waals surface area (Å²) in [5.41, 5.74) is 2.33. The highest BCUT2D eigenvalue weighted by atomic mass is 79.9. The van der Waals surface area contributed by atoms with Gasteiger partial charge in [-0.2, -0.15) is 0 Å². The van der Waals surface area contributed by atoms with Crippen LogP contribution in [0, 0.1) is 5.82 Å². The maximum atomic E-state index is 13.4. The number of hydrogen-bond acceptors (Lipinski definition) is 4. The van der Waals surface area contributed by atoms with Gasteiger partial charge in [-0.05, 0) is 85.3 Å². The van der Waals surface area contributed by atoms with Gasteiger partial charge in [-0.1, -0.05) is 0 Å². The molecule has 4 rings (SSSR count). The van der Waals surface area contributed by atoms with Gasteiger partial charge in [0.2, 0.25) is 0 Å². The van der Waals surface area contributed by atoms with Crippen LogP contribution in [0.5, 0.6) is 5.75 Å². The second-order valence-electron chi connectivity index (χ2n) is 8.00. The first-order valence-corrected chi connectivity index (χ1v) is 12.0. The molecule has 172 valence electrons. The zero-order valence-electron chi connectivity index (χ0n) is 17.9. The Labute approximate surface area is 205 Å². The lowest BCUT2D eigenvalue weighted by atomic mass is 10.0. The van der Waals surface area contributed by atoms with Crippen LogP contribution in [0.25, 0.3) is 10.9 Å². The van der Waals surface area contributed by atoms with Crippen molar-refractivity contribution < 1.29 is 14.3 Å². The molecule has 1 aliphatic heterocycles. The van der Waals surface area contributed by atoms with E-state index >= 15 is 0 Å². The Balaban J connectivity index is 0.00000289. The number of carbonyl (C=O) groups excluding carboxylic acids is 1. The predicted octanol–water partition coefficient (Wildman–Crippen LogP) is 5.32. The summed E-state index contributed by atoms with van der Waals surface area (Å²) in [5.74, 6) is 0.263. The number of likely N-dealkylation sites (tertiary alicyclic amines) is 1. The molecule has 5 nitrogen and oxygen atoms in total. The Hall–Kier alpha value is -1.74. The van der Waals surface area contributed by atoms with Gasteiger partial charge in [-0.25, -0.2) is 4.39 Å². The topological polar surface area (TPSA) is 57.5 Å². The van der Waals surface area contributed by atoms with Crippen LogP contribution in [-0.2, 0) is 12.8 Å². The molecule has 0 atom stereocenters. The van der Waals surface area contributed by atoms with Crippen molar-refractivity contribution in [2.75, 3.05) is 20.1 Å². The molecule has 0 saturated carbocycles. The van der Waals surface area contributed by atoms with Crippen LogP contribution >= 0.6 is 40.1 Å². The number of phenols is 1. The van der Waals surface area contributed by atoms with E-state index in [0.717, 1.165) is 47.4 Å². The molecule has 1 aromatic heterocycles. The van der Waals surface area contributed by atoms with Crippen LogP contribution in [0.4, 0.5) is 4.39 Å². The fourth-order valence-corrected chi connectivity index (χ4v) is 5.31. The highest BCUT2D eigenvalue weighted by Gasteiger charge is 2.25. The average molecular weight is 543 g/mol. The molecule has 0 spiro atoms. The van der Waals surface area contributed by atoms with Gasteiger partial charge < -0.3 is 19.9 Å². The number of fused-ring (bicyclic) bond motifs is 1. The minimum Gasteiger partial charge on any atom is -0.507 e. The third-order valence-corrected chi connectivity index (χ3v) is 7.52. The van der Waals surface area contributed by atoms with Crippen molar-refractivity contribution in [3.8, 4) is 5.75 Å². The lowest BCUT2D eigenvalue weighted by Crippen LogP contribution is -2.43. The molecule has 1 saturated heterocycles. The molecule has 0 unspecified atom stereocenters. The molecule has 2 heterocycles. The Morgan fingerprint density at radius 2 is 1.88 bits per heavy atom. The fourth-order valence-electron chi connectivity index (χ4n) is 4.01. The average Bonchev–Trinajstić information content (AvgIpc) is 3.01. The van der Waals surface area contributed by atoms with E-state index in [-0.39, 0.29) is 35.9 Å². The summed E-state index contributed by atoms with van der Waals surface area (Å²) in [6.07, 6.45) is 1.84. The number of halogens is 3. The number of thioether (sulfide) groups is 1. The Bertz CT molecular complexity index is 1110. The third kappa shape index (κ3) is 5.25. The number of aromatic hydroxyl groups is 1. The van der Waals surface area contributed by atoms with Crippen molar-refractivity contribution in [3.05, 3.63) is 57.9 Å². The van der Waals surface area contributed by atoms with E-state index in [1.54, 1.807) is 30.0 Å². The molecule has 1 fully saturated rings. The summed E-state index contributed by atoms with van der Waals surface area (Å²) in [4.78, 5) is 16.6. The Morgan fingerprint density at radius 3 is 2.53 bits per heavy atom. The molecule has 9 heteroatoms. The number of carbonyl (C=O) groups is 1. The quantitative estimate of drug-likeness (QED) is 0.428. The van der Waals surface area contributed by atoms with Gasteiger partial charge in [0.05, 0.1) is 15.6 Å². The number of nitrogens with one attached hydrogen (secondary N) is 1. The second kappa shape index (κ2) is 10.5. The van der Waals surface area contributed by atoms with Crippen LogP contribution < -0.4 is 5.32 Å². The minimum absolute atomic E-state index is 0. The second-order valence-corrected chi connectivity index (χ2v) is 9.90. The van der Waals surface area contributed by atoms with E-state index in [0.29, 0.717) is 15.8 Å². The van der Waals surface area contributed by atoms with Crippen molar-refractivity contribution in [2.45, 2.75) is 29.5 Å². The van der Waals surface area contributed by atoms with Gasteiger partial charge in [0.25, 0.3) is 5.91 Å². The third-order valence-electron chi connectivity index (χ3n) is 5.86. The molecule has 1 amide bonds. The van der Waals surface area contributed by atoms with Crippen LogP contribution in [0.2, 0.25) is 0 Å². The molecule has 0 bridgehead atoms. The van der Waals surface area contributed by atoms with E-state index in [1.807, 2.05) is 17.7 Å². The molecule has 2 N–H and O–H groups in total. The first kappa shape index (κ1) is 24.9. The van der Waals surface area contributed by atoms with Crippen molar-refractivity contribution in [2.24, 2.45) is 7.05 Å². The molecular weight excluding hydrogens is 517 g/mol. The number of rotatable bonds is 5. The number of nitrogens with zero attached hydrogens (tertiary/aromatic N) is 2. The summed E-state index contributed by atoms with van der Waals surface area (Å²) in [6.45, 7) is 1.92. The molecular formula is C23H26BrClFN3O2S. The van der Waals surface area contributed by atoms with Crippen LogP contribution in [0.1, 0.15) is 28.9 Å². The molecule has 1 aliphatic rings. The number of aromatic nitrogens is 1. The summed E-state index contributed by atoms with van der Waals surface area (Å²) >= 11 is 4.93. The zero-order chi connectivity index (χ0) is 22.1. The van der Waals surface area contributed by atoms with E-state index in [9.17, 15) is 14.3 Å². The first-order valence-electron chi connectivity index (χ1n) is 10.2.